The van der Waals surface area contributed by atoms with E-state index in [0.29, 0.717) is 6.54 Å². The second-order valence-corrected chi connectivity index (χ2v) is 6.13. The third-order valence-electron chi connectivity index (χ3n) is 4.19. The molecule has 0 aliphatic rings. The molecule has 140 valence electrons. The standard InChI is InChI=1S/C21H23N3O3/c1-3-24(15-21(25)22-17-9-11-19(26-2)12-10-17)14-18-13-20(27-23-18)16-7-5-4-6-8-16/h4-13H,3,14-15H2,1-2H3,(H,22,25). The molecule has 0 spiro atoms. The fourth-order valence-corrected chi connectivity index (χ4v) is 2.71. The van der Waals surface area contributed by atoms with Crippen LogP contribution in [0, 0.1) is 0 Å². The zero-order valence-corrected chi connectivity index (χ0v) is 15.5. The van der Waals surface area contributed by atoms with E-state index in [2.05, 4.69) is 10.5 Å². The summed E-state index contributed by atoms with van der Waals surface area (Å²) in [5.74, 6) is 1.40. The van der Waals surface area contributed by atoms with Crippen molar-refractivity contribution in [2.45, 2.75) is 13.5 Å². The number of rotatable bonds is 8. The fraction of sp³-hybridized carbons (Fsp3) is 0.238. The maximum Gasteiger partial charge on any atom is 0.238 e. The van der Waals surface area contributed by atoms with Crippen molar-refractivity contribution in [2.24, 2.45) is 0 Å². The Kier molecular flexibility index (Phi) is 6.22. The molecule has 1 amide bonds. The second-order valence-electron chi connectivity index (χ2n) is 6.13. The van der Waals surface area contributed by atoms with Gasteiger partial charge in [0.05, 0.1) is 19.3 Å². The summed E-state index contributed by atoms with van der Waals surface area (Å²) in [6, 6.07) is 19.0. The quantitative estimate of drug-likeness (QED) is 0.657. The van der Waals surface area contributed by atoms with Gasteiger partial charge in [-0.1, -0.05) is 42.4 Å². The molecular formula is C21H23N3O3. The molecule has 0 bridgehead atoms. The van der Waals surface area contributed by atoms with E-state index in [0.717, 1.165) is 35.0 Å². The minimum atomic E-state index is -0.0752. The van der Waals surface area contributed by atoms with E-state index in [9.17, 15) is 4.79 Å². The predicted octanol–water partition coefficient (Wildman–Crippen LogP) is 3.81. The lowest BCUT2D eigenvalue weighted by atomic mass is 10.1. The number of ether oxygens (including phenoxy) is 1. The van der Waals surface area contributed by atoms with Crippen molar-refractivity contribution < 1.29 is 14.1 Å². The number of methoxy groups -OCH3 is 1. The van der Waals surface area contributed by atoms with Gasteiger partial charge in [-0.2, -0.15) is 0 Å². The minimum Gasteiger partial charge on any atom is -0.497 e. The lowest BCUT2D eigenvalue weighted by Crippen LogP contribution is -2.32. The van der Waals surface area contributed by atoms with Crippen LogP contribution in [0.25, 0.3) is 11.3 Å². The van der Waals surface area contributed by atoms with Crippen molar-refractivity contribution in [2.75, 3.05) is 25.5 Å². The van der Waals surface area contributed by atoms with Crippen LogP contribution in [0.4, 0.5) is 5.69 Å². The van der Waals surface area contributed by atoms with Crippen LogP contribution in [-0.4, -0.2) is 36.2 Å². The highest BCUT2D eigenvalue weighted by molar-refractivity contribution is 5.92. The number of nitrogens with one attached hydrogen (secondary N) is 1. The third kappa shape index (κ3) is 5.18. The first-order valence-corrected chi connectivity index (χ1v) is 8.85. The number of aromatic nitrogens is 1. The van der Waals surface area contributed by atoms with E-state index < -0.39 is 0 Å². The van der Waals surface area contributed by atoms with Gasteiger partial charge in [-0.25, -0.2) is 0 Å². The number of benzene rings is 2. The molecular weight excluding hydrogens is 342 g/mol. The van der Waals surface area contributed by atoms with E-state index in [1.807, 2.05) is 72.5 Å². The van der Waals surface area contributed by atoms with Crippen LogP contribution >= 0.6 is 0 Å². The average molecular weight is 365 g/mol. The molecule has 0 atom stereocenters. The number of hydrogen-bond acceptors (Lipinski definition) is 5. The molecule has 0 unspecified atom stereocenters. The molecule has 0 aliphatic carbocycles. The van der Waals surface area contributed by atoms with Gasteiger partial charge in [-0.15, -0.1) is 0 Å². The summed E-state index contributed by atoms with van der Waals surface area (Å²) in [4.78, 5) is 14.3. The van der Waals surface area contributed by atoms with Gasteiger partial charge in [-0.3, -0.25) is 9.69 Å². The highest BCUT2D eigenvalue weighted by Crippen LogP contribution is 2.20. The van der Waals surface area contributed by atoms with E-state index >= 15 is 0 Å². The summed E-state index contributed by atoms with van der Waals surface area (Å²) < 4.78 is 10.5. The number of hydrogen-bond donors (Lipinski definition) is 1. The van der Waals surface area contributed by atoms with Crippen LogP contribution in [0.3, 0.4) is 0 Å². The molecule has 3 aromatic rings. The third-order valence-corrected chi connectivity index (χ3v) is 4.19. The van der Waals surface area contributed by atoms with E-state index in [4.69, 9.17) is 9.26 Å². The molecule has 0 saturated heterocycles. The highest BCUT2D eigenvalue weighted by atomic mass is 16.5. The van der Waals surface area contributed by atoms with Crippen molar-refractivity contribution in [3.8, 4) is 17.1 Å². The van der Waals surface area contributed by atoms with Crippen LogP contribution in [0.2, 0.25) is 0 Å². The van der Waals surface area contributed by atoms with Crippen molar-refractivity contribution in [3.63, 3.8) is 0 Å². The molecule has 1 aromatic heterocycles. The largest absolute Gasteiger partial charge is 0.497 e. The molecule has 2 aromatic carbocycles. The number of carbonyl (C=O) groups is 1. The summed E-state index contributed by atoms with van der Waals surface area (Å²) >= 11 is 0. The first-order valence-electron chi connectivity index (χ1n) is 8.85. The Labute approximate surface area is 158 Å². The monoisotopic (exact) mass is 365 g/mol. The van der Waals surface area contributed by atoms with E-state index in [1.54, 1.807) is 7.11 Å². The van der Waals surface area contributed by atoms with Crippen molar-refractivity contribution in [3.05, 3.63) is 66.4 Å². The van der Waals surface area contributed by atoms with Gasteiger partial charge < -0.3 is 14.6 Å². The SMILES string of the molecule is CCN(CC(=O)Nc1ccc(OC)cc1)Cc1cc(-c2ccccc2)on1. The molecule has 0 fully saturated rings. The summed E-state index contributed by atoms with van der Waals surface area (Å²) in [7, 11) is 1.61. The van der Waals surface area contributed by atoms with Gasteiger partial charge in [-0.05, 0) is 30.8 Å². The second kappa shape index (κ2) is 9.00. The number of nitrogens with zero attached hydrogens (tertiary/aromatic N) is 2. The summed E-state index contributed by atoms with van der Waals surface area (Å²) in [6.45, 7) is 3.56. The zero-order valence-electron chi connectivity index (χ0n) is 15.5. The number of carbonyl (C=O) groups excluding carboxylic acids is 1. The Hall–Kier alpha value is -3.12. The summed E-state index contributed by atoms with van der Waals surface area (Å²) in [6.07, 6.45) is 0. The molecule has 6 heteroatoms. The average Bonchev–Trinajstić information content (AvgIpc) is 3.17. The Morgan fingerprint density at radius 1 is 1.15 bits per heavy atom. The van der Waals surface area contributed by atoms with Crippen LogP contribution in [0.1, 0.15) is 12.6 Å². The molecule has 1 N–H and O–H groups in total. The number of likely N-dealkylation sites (N-methyl/N-ethyl adjacent to an activating group) is 1. The molecule has 0 radical (unpaired) electrons. The first kappa shape index (κ1) is 18.7. The van der Waals surface area contributed by atoms with Crippen molar-refractivity contribution in [1.82, 2.24) is 10.1 Å². The first-order chi connectivity index (χ1) is 13.2. The van der Waals surface area contributed by atoms with Gasteiger partial charge >= 0.3 is 0 Å². The molecule has 6 nitrogen and oxygen atoms in total. The van der Waals surface area contributed by atoms with Crippen LogP contribution in [0.15, 0.2) is 65.2 Å². The van der Waals surface area contributed by atoms with Gasteiger partial charge in [0.25, 0.3) is 0 Å². The lowest BCUT2D eigenvalue weighted by Gasteiger charge is -2.18. The van der Waals surface area contributed by atoms with E-state index in [-0.39, 0.29) is 12.5 Å². The molecule has 3 rings (SSSR count). The molecule has 1 heterocycles. The molecule has 0 aliphatic heterocycles. The minimum absolute atomic E-state index is 0.0752. The van der Waals surface area contributed by atoms with E-state index in [1.165, 1.54) is 0 Å². The van der Waals surface area contributed by atoms with Gasteiger partial charge in [0.15, 0.2) is 5.76 Å². The molecule has 27 heavy (non-hydrogen) atoms. The van der Waals surface area contributed by atoms with Gasteiger partial charge in [0.1, 0.15) is 5.75 Å². The van der Waals surface area contributed by atoms with Crippen molar-refractivity contribution in [1.29, 1.82) is 0 Å². The van der Waals surface area contributed by atoms with Crippen LogP contribution < -0.4 is 10.1 Å². The van der Waals surface area contributed by atoms with Gasteiger partial charge in [0, 0.05) is 23.9 Å². The van der Waals surface area contributed by atoms with Crippen molar-refractivity contribution >= 4 is 11.6 Å². The zero-order chi connectivity index (χ0) is 19.1. The Morgan fingerprint density at radius 3 is 2.56 bits per heavy atom. The van der Waals surface area contributed by atoms with Crippen LogP contribution in [0.5, 0.6) is 5.75 Å². The predicted molar refractivity (Wildman–Crippen MR) is 105 cm³/mol. The number of amides is 1. The Morgan fingerprint density at radius 2 is 1.89 bits per heavy atom. The number of anilines is 1. The maximum absolute atomic E-state index is 12.3. The Bertz CT molecular complexity index is 860. The molecule has 0 saturated carbocycles. The topological polar surface area (TPSA) is 67.6 Å². The smallest absolute Gasteiger partial charge is 0.238 e. The Balaban J connectivity index is 1.57. The highest BCUT2D eigenvalue weighted by Gasteiger charge is 2.13. The van der Waals surface area contributed by atoms with Gasteiger partial charge in [0.2, 0.25) is 5.91 Å². The maximum atomic E-state index is 12.3. The summed E-state index contributed by atoms with van der Waals surface area (Å²) in [5.41, 5.74) is 2.52. The fourth-order valence-electron chi connectivity index (χ4n) is 2.71. The van der Waals surface area contributed by atoms with Crippen LogP contribution in [-0.2, 0) is 11.3 Å². The summed E-state index contributed by atoms with van der Waals surface area (Å²) in [5, 5.41) is 7.02. The lowest BCUT2D eigenvalue weighted by molar-refractivity contribution is -0.117. The normalized spacial score (nSPS) is 10.8.